The van der Waals surface area contributed by atoms with Gasteiger partial charge in [-0.15, -0.1) is 0 Å². The standard InChI is InChI=1S/C11H14O5/c1-3-15-9(13)11(10(14)16-4-2)7-5-6-8(11)12/h5-6H,3-4,7H2,1-2H3. The van der Waals surface area contributed by atoms with Crippen LogP contribution in [0.25, 0.3) is 0 Å². The molecule has 1 rings (SSSR count). The number of ketones is 1. The van der Waals surface area contributed by atoms with Crippen LogP contribution in [0.5, 0.6) is 0 Å². The predicted octanol–water partition coefficient (Wildman–Crippen LogP) is 0.628. The van der Waals surface area contributed by atoms with Gasteiger partial charge < -0.3 is 9.47 Å². The maximum Gasteiger partial charge on any atom is 0.331 e. The highest BCUT2D eigenvalue weighted by molar-refractivity contribution is 6.25. The Bertz CT molecular complexity index is 324. The molecule has 5 nitrogen and oxygen atoms in total. The van der Waals surface area contributed by atoms with Crippen LogP contribution in [0.1, 0.15) is 20.3 Å². The molecule has 0 radical (unpaired) electrons. The molecule has 0 unspecified atom stereocenters. The summed E-state index contributed by atoms with van der Waals surface area (Å²) in [6.07, 6.45) is 2.72. The molecule has 16 heavy (non-hydrogen) atoms. The topological polar surface area (TPSA) is 69.7 Å². The Morgan fingerprint density at radius 3 is 2.06 bits per heavy atom. The third kappa shape index (κ3) is 1.85. The van der Waals surface area contributed by atoms with Crippen molar-refractivity contribution < 1.29 is 23.9 Å². The normalized spacial score (nSPS) is 17.2. The first-order chi connectivity index (χ1) is 7.59. The Labute approximate surface area is 93.4 Å². The van der Waals surface area contributed by atoms with Crippen LogP contribution in [0.4, 0.5) is 0 Å². The third-order valence-electron chi connectivity index (χ3n) is 2.36. The summed E-state index contributed by atoms with van der Waals surface area (Å²) in [4.78, 5) is 35.1. The fraction of sp³-hybridized carbons (Fsp3) is 0.545. The molecule has 0 aromatic carbocycles. The van der Waals surface area contributed by atoms with E-state index in [2.05, 4.69) is 0 Å². The van der Waals surface area contributed by atoms with Crippen molar-refractivity contribution in [3.63, 3.8) is 0 Å². The monoisotopic (exact) mass is 226 g/mol. The Kier molecular flexibility index (Phi) is 3.82. The highest BCUT2D eigenvalue weighted by atomic mass is 16.6. The second-order valence-electron chi connectivity index (χ2n) is 3.32. The molecule has 88 valence electrons. The second kappa shape index (κ2) is 4.92. The van der Waals surface area contributed by atoms with Crippen molar-refractivity contribution in [1.82, 2.24) is 0 Å². The van der Waals surface area contributed by atoms with Crippen LogP contribution >= 0.6 is 0 Å². The van der Waals surface area contributed by atoms with Gasteiger partial charge in [0.1, 0.15) is 0 Å². The molecule has 0 saturated heterocycles. The number of rotatable bonds is 4. The largest absolute Gasteiger partial charge is 0.465 e. The van der Waals surface area contributed by atoms with Crippen LogP contribution in [0.15, 0.2) is 12.2 Å². The maximum atomic E-state index is 11.7. The smallest absolute Gasteiger partial charge is 0.331 e. The summed E-state index contributed by atoms with van der Waals surface area (Å²) in [5.41, 5.74) is -1.80. The summed E-state index contributed by atoms with van der Waals surface area (Å²) >= 11 is 0. The van der Waals surface area contributed by atoms with Crippen molar-refractivity contribution in [1.29, 1.82) is 0 Å². The lowest BCUT2D eigenvalue weighted by Crippen LogP contribution is -2.45. The Morgan fingerprint density at radius 1 is 1.25 bits per heavy atom. The molecule has 5 heteroatoms. The van der Waals surface area contributed by atoms with E-state index < -0.39 is 23.1 Å². The Morgan fingerprint density at radius 2 is 1.75 bits per heavy atom. The van der Waals surface area contributed by atoms with Crippen molar-refractivity contribution in [3.8, 4) is 0 Å². The van der Waals surface area contributed by atoms with Crippen LogP contribution < -0.4 is 0 Å². The molecular weight excluding hydrogens is 212 g/mol. The van der Waals surface area contributed by atoms with Gasteiger partial charge in [0.05, 0.1) is 13.2 Å². The van der Waals surface area contributed by atoms with E-state index in [4.69, 9.17) is 9.47 Å². The highest BCUT2D eigenvalue weighted by Crippen LogP contribution is 2.33. The van der Waals surface area contributed by atoms with Crippen molar-refractivity contribution >= 4 is 17.7 Å². The molecule has 0 bridgehead atoms. The Balaban J connectivity index is 2.99. The van der Waals surface area contributed by atoms with Gasteiger partial charge in [-0.1, -0.05) is 6.08 Å². The van der Waals surface area contributed by atoms with Crippen LogP contribution in [0.3, 0.4) is 0 Å². The van der Waals surface area contributed by atoms with Crippen molar-refractivity contribution in [2.45, 2.75) is 20.3 Å². The van der Waals surface area contributed by atoms with Gasteiger partial charge in [0.25, 0.3) is 0 Å². The van der Waals surface area contributed by atoms with Gasteiger partial charge >= 0.3 is 11.9 Å². The van der Waals surface area contributed by atoms with Gasteiger partial charge in [0, 0.05) is 6.42 Å². The molecule has 1 aliphatic rings. The summed E-state index contributed by atoms with van der Waals surface area (Å²) in [7, 11) is 0. The molecule has 0 amide bonds. The number of hydrogen-bond acceptors (Lipinski definition) is 5. The maximum absolute atomic E-state index is 11.7. The lowest BCUT2D eigenvalue weighted by Gasteiger charge is -2.22. The lowest BCUT2D eigenvalue weighted by atomic mass is 9.84. The van der Waals surface area contributed by atoms with E-state index in [1.165, 1.54) is 12.2 Å². The fourth-order valence-electron chi connectivity index (χ4n) is 1.55. The molecule has 0 aliphatic heterocycles. The molecule has 0 fully saturated rings. The van der Waals surface area contributed by atoms with Gasteiger partial charge in [0.15, 0.2) is 5.78 Å². The van der Waals surface area contributed by atoms with Gasteiger partial charge in [-0.25, -0.2) is 0 Å². The average molecular weight is 226 g/mol. The van der Waals surface area contributed by atoms with E-state index >= 15 is 0 Å². The minimum absolute atomic E-state index is 0.0174. The van der Waals surface area contributed by atoms with Crippen LogP contribution in [0.2, 0.25) is 0 Å². The van der Waals surface area contributed by atoms with Crippen LogP contribution in [-0.2, 0) is 23.9 Å². The number of allylic oxidation sites excluding steroid dienone is 2. The number of carbonyl (C=O) groups excluding carboxylic acids is 3. The van der Waals surface area contributed by atoms with E-state index in [1.807, 2.05) is 0 Å². The number of hydrogen-bond donors (Lipinski definition) is 0. The highest BCUT2D eigenvalue weighted by Gasteiger charge is 2.55. The van der Waals surface area contributed by atoms with Crippen molar-refractivity contribution in [2.24, 2.45) is 5.41 Å². The first kappa shape index (κ1) is 12.4. The lowest BCUT2D eigenvalue weighted by molar-refractivity contribution is -0.172. The van der Waals surface area contributed by atoms with E-state index in [-0.39, 0.29) is 19.6 Å². The summed E-state index contributed by atoms with van der Waals surface area (Å²) in [5, 5.41) is 0. The van der Waals surface area contributed by atoms with Crippen LogP contribution in [0, 0.1) is 5.41 Å². The first-order valence-corrected chi connectivity index (χ1v) is 5.15. The second-order valence-corrected chi connectivity index (χ2v) is 3.32. The molecule has 0 spiro atoms. The molecule has 0 saturated carbocycles. The predicted molar refractivity (Wildman–Crippen MR) is 54.5 cm³/mol. The zero-order valence-corrected chi connectivity index (χ0v) is 9.32. The summed E-state index contributed by atoms with van der Waals surface area (Å²) < 4.78 is 9.53. The van der Waals surface area contributed by atoms with E-state index in [0.717, 1.165) is 0 Å². The van der Waals surface area contributed by atoms with E-state index in [0.29, 0.717) is 0 Å². The molecule has 0 aromatic rings. The quantitative estimate of drug-likeness (QED) is 0.519. The minimum Gasteiger partial charge on any atom is -0.465 e. The van der Waals surface area contributed by atoms with Gasteiger partial charge in [-0.05, 0) is 19.9 Å². The number of ether oxygens (including phenoxy) is 2. The SMILES string of the molecule is CCOC(=O)C1(C(=O)OCC)CC=CC1=O. The molecule has 0 N–H and O–H groups in total. The molecule has 1 aliphatic carbocycles. The van der Waals surface area contributed by atoms with Crippen molar-refractivity contribution in [3.05, 3.63) is 12.2 Å². The first-order valence-electron chi connectivity index (χ1n) is 5.15. The van der Waals surface area contributed by atoms with Gasteiger partial charge in [-0.3, -0.25) is 14.4 Å². The van der Waals surface area contributed by atoms with Crippen LogP contribution in [-0.4, -0.2) is 30.9 Å². The molecule has 0 atom stereocenters. The average Bonchev–Trinajstić information content (AvgIpc) is 2.62. The zero-order valence-electron chi connectivity index (χ0n) is 9.32. The minimum atomic E-state index is -1.80. The summed E-state index contributed by atoms with van der Waals surface area (Å²) in [6.45, 7) is 3.47. The Hall–Kier alpha value is -1.65. The van der Waals surface area contributed by atoms with E-state index in [1.54, 1.807) is 13.8 Å². The van der Waals surface area contributed by atoms with Gasteiger partial charge in [-0.2, -0.15) is 0 Å². The third-order valence-corrected chi connectivity index (χ3v) is 2.36. The fourth-order valence-corrected chi connectivity index (χ4v) is 1.55. The molecule has 0 aromatic heterocycles. The van der Waals surface area contributed by atoms with Gasteiger partial charge in [0.2, 0.25) is 5.41 Å². The summed E-state index contributed by atoms with van der Waals surface area (Å²) in [5.74, 6) is -2.23. The zero-order chi connectivity index (χ0) is 12.2. The molecular formula is C11H14O5. The van der Waals surface area contributed by atoms with E-state index in [9.17, 15) is 14.4 Å². The number of carbonyl (C=O) groups is 3. The van der Waals surface area contributed by atoms with Crippen molar-refractivity contribution in [2.75, 3.05) is 13.2 Å². The number of esters is 2. The summed E-state index contributed by atoms with van der Waals surface area (Å²) in [6, 6.07) is 0. The molecule has 0 heterocycles.